The van der Waals surface area contributed by atoms with Crippen LogP contribution in [0.2, 0.25) is 0 Å². The Labute approximate surface area is 131 Å². The summed E-state index contributed by atoms with van der Waals surface area (Å²) in [6, 6.07) is 2.98. The van der Waals surface area contributed by atoms with Gasteiger partial charge in [0.25, 0.3) is 0 Å². The van der Waals surface area contributed by atoms with E-state index in [1.165, 1.54) is 13.0 Å². The van der Waals surface area contributed by atoms with E-state index in [9.17, 15) is 13.2 Å². The molecule has 0 unspecified atom stereocenters. The van der Waals surface area contributed by atoms with Gasteiger partial charge >= 0.3 is 0 Å². The van der Waals surface area contributed by atoms with Crippen molar-refractivity contribution in [3.05, 3.63) is 16.6 Å². The van der Waals surface area contributed by atoms with Gasteiger partial charge < -0.3 is 14.8 Å². The van der Waals surface area contributed by atoms with Gasteiger partial charge in [0.05, 0.1) is 0 Å². The largest absolute Gasteiger partial charge is 0.486 e. The van der Waals surface area contributed by atoms with Crippen LogP contribution in [0.4, 0.5) is 0 Å². The van der Waals surface area contributed by atoms with Gasteiger partial charge in [-0.3, -0.25) is 4.79 Å². The highest BCUT2D eigenvalue weighted by molar-refractivity contribution is 9.10. The summed E-state index contributed by atoms with van der Waals surface area (Å²) in [6.45, 7) is 2.50. The molecule has 0 fully saturated rings. The number of amides is 1. The van der Waals surface area contributed by atoms with E-state index in [2.05, 4.69) is 26.0 Å². The molecular weight excluding hydrogens is 364 g/mol. The Morgan fingerprint density at radius 3 is 2.48 bits per heavy atom. The van der Waals surface area contributed by atoms with Crippen LogP contribution in [0.5, 0.6) is 11.5 Å². The monoisotopic (exact) mass is 378 g/mol. The number of carbonyl (C=O) groups excluding carboxylic acids is 1. The topological polar surface area (TPSA) is 93.7 Å². The molecule has 0 spiro atoms. The summed E-state index contributed by atoms with van der Waals surface area (Å²) >= 11 is 3.22. The molecule has 1 amide bonds. The molecule has 2 rings (SSSR count). The molecule has 116 valence electrons. The molecule has 2 N–H and O–H groups in total. The first-order chi connectivity index (χ1) is 9.90. The van der Waals surface area contributed by atoms with Gasteiger partial charge in [0.1, 0.15) is 18.1 Å². The second-order valence-electron chi connectivity index (χ2n) is 4.31. The normalized spacial score (nSPS) is 13.8. The fourth-order valence-electron chi connectivity index (χ4n) is 1.75. The van der Waals surface area contributed by atoms with Gasteiger partial charge in [-0.2, -0.15) is 0 Å². The van der Waals surface area contributed by atoms with Crippen LogP contribution in [0.15, 0.2) is 21.5 Å². The highest BCUT2D eigenvalue weighted by Gasteiger charge is 2.22. The maximum Gasteiger partial charge on any atom is 0.241 e. The summed E-state index contributed by atoms with van der Waals surface area (Å²) in [7, 11) is -3.71. The summed E-state index contributed by atoms with van der Waals surface area (Å²) in [5.41, 5.74) is 0. The summed E-state index contributed by atoms with van der Waals surface area (Å²) < 4.78 is 38.0. The first-order valence-corrected chi connectivity index (χ1v) is 8.51. The molecule has 21 heavy (non-hydrogen) atoms. The number of sulfonamides is 1. The molecule has 0 aliphatic carbocycles. The Balaban J connectivity index is 2.14. The highest BCUT2D eigenvalue weighted by atomic mass is 79.9. The van der Waals surface area contributed by atoms with Crippen molar-refractivity contribution in [1.82, 2.24) is 10.0 Å². The minimum Gasteiger partial charge on any atom is -0.486 e. The van der Waals surface area contributed by atoms with E-state index in [0.29, 0.717) is 29.2 Å². The molecule has 1 aromatic carbocycles. The zero-order chi connectivity index (χ0) is 15.5. The lowest BCUT2D eigenvalue weighted by Crippen LogP contribution is -2.33. The predicted octanol–water partition coefficient (Wildman–Crippen LogP) is 0.635. The number of nitrogens with one attached hydrogen (secondary N) is 2. The van der Waals surface area contributed by atoms with E-state index in [1.54, 1.807) is 6.07 Å². The molecule has 7 nitrogen and oxygen atoms in total. The van der Waals surface area contributed by atoms with Crippen molar-refractivity contribution in [1.29, 1.82) is 0 Å². The molecule has 0 atom stereocenters. The number of carbonyl (C=O) groups is 1. The minimum absolute atomic E-state index is 0.0644. The van der Waals surface area contributed by atoms with Gasteiger partial charge in [0.2, 0.25) is 15.9 Å². The number of benzene rings is 1. The van der Waals surface area contributed by atoms with Gasteiger partial charge in [-0.1, -0.05) is 0 Å². The summed E-state index contributed by atoms with van der Waals surface area (Å²) in [6.07, 6.45) is 0. The lowest BCUT2D eigenvalue weighted by Gasteiger charge is -2.20. The van der Waals surface area contributed by atoms with Crippen molar-refractivity contribution in [2.24, 2.45) is 0 Å². The molecular formula is C12H15BrN2O5S. The lowest BCUT2D eigenvalue weighted by atomic mass is 10.3. The maximum absolute atomic E-state index is 12.2. The van der Waals surface area contributed by atoms with Crippen molar-refractivity contribution in [2.75, 3.05) is 26.3 Å². The highest BCUT2D eigenvalue weighted by Crippen LogP contribution is 2.37. The van der Waals surface area contributed by atoms with E-state index in [1.807, 2.05) is 0 Å². The van der Waals surface area contributed by atoms with Crippen molar-refractivity contribution in [2.45, 2.75) is 11.8 Å². The van der Waals surface area contributed by atoms with E-state index >= 15 is 0 Å². The molecule has 1 aliphatic heterocycles. The summed E-state index contributed by atoms with van der Waals surface area (Å²) in [5, 5.41) is 2.51. The van der Waals surface area contributed by atoms with Gasteiger partial charge in [-0.25, -0.2) is 13.1 Å². The number of ether oxygens (including phenoxy) is 2. The number of hydrogen-bond donors (Lipinski definition) is 2. The third-order valence-corrected chi connectivity index (χ3v) is 5.10. The van der Waals surface area contributed by atoms with Crippen molar-refractivity contribution in [3.63, 3.8) is 0 Å². The summed E-state index contributed by atoms with van der Waals surface area (Å²) in [5.74, 6) is 0.687. The minimum atomic E-state index is -3.71. The second kappa shape index (κ2) is 6.63. The quantitative estimate of drug-likeness (QED) is 0.733. The molecule has 0 saturated heterocycles. The Kier molecular flexibility index (Phi) is 5.07. The van der Waals surface area contributed by atoms with Crippen LogP contribution in [0.25, 0.3) is 0 Å². The summed E-state index contributed by atoms with van der Waals surface area (Å²) in [4.78, 5) is 10.8. The van der Waals surface area contributed by atoms with Crippen molar-refractivity contribution in [3.8, 4) is 11.5 Å². The van der Waals surface area contributed by atoms with Crippen LogP contribution in [-0.4, -0.2) is 40.6 Å². The van der Waals surface area contributed by atoms with Crippen LogP contribution < -0.4 is 19.5 Å². The average Bonchev–Trinajstić information content (AvgIpc) is 2.42. The van der Waals surface area contributed by atoms with E-state index in [-0.39, 0.29) is 23.9 Å². The molecule has 9 heteroatoms. The van der Waals surface area contributed by atoms with E-state index in [4.69, 9.17) is 9.47 Å². The lowest BCUT2D eigenvalue weighted by molar-refractivity contribution is -0.118. The van der Waals surface area contributed by atoms with Crippen molar-refractivity contribution < 1.29 is 22.7 Å². The van der Waals surface area contributed by atoms with Gasteiger partial charge in [-0.05, 0) is 22.0 Å². The fourth-order valence-corrected chi connectivity index (χ4v) is 3.82. The Hall–Kier alpha value is -1.32. The SMILES string of the molecule is CC(=O)NCCNS(=O)(=O)c1cc2c(cc1Br)OCCO2. The van der Waals surface area contributed by atoms with E-state index < -0.39 is 10.0 Å². The third kappa shape index (κ3) is 4.08. The molecule has 0 radical (unpaired) electrons. The number of rotatable bonds is 5. The Morgan fingerprint density at radius 2 is 1.86 bits per heavy atom. The number of fused-ring (bicyclic) bond motifs is 1. The second-order valence-corrected chi connectivity index (χ2v) is 6.90. The standard InChI is InChI=1S/C12H15BrN2O5S/c1-8(16)14-2-3-15-21(17,18)12-7-11-10(6-9(12)13)19-4-5-20-11/h6-7,15H,2-5H2,1H3,(H,14,16). The number of halogens is 1. The Bertz CT molecular complexity index is 647. The number of hydrogen-bond acceptors (Lipinski definition) is 5. The maximum atomic E-state index is 12.2. The molecule has 1 heterocycles. The smallest absolute Gasteiger partial charge is 0.241 e. The van der Waals surface area contributed by atoms with Crippen LogP contribution in [0.1, 0.15) is 6.92 Å². The van der Waals surface area contributed by atoms with Crippen LogP contribution in [0.3, 0.4) is 0 Å². The molecule has 1 aromatic rings. The molecule has 1 aliphatic rings. The van der Waals surface area contributed by atoms with Crippen LogP contribution in [-0.2, 0) is 14.8 Å². The van der Waals surface area contributed by atoms with Crippen LogP contribution in [0, 0.1) is 0 Å². The average molecular weight is 379 g/mol. The zero-order valence-electron chi connectivity index (χ0n) is 11.3. The van der Waals surface area contributed by atoms with Crippen molar-refractivity contribution >= 4 is 31.9 Å². The first-order valence-electron chi connectivity index (χ1n) is 6.23. The molecule has 0 aromatic heterocycles. The van der Waals surface area contributed by atoms with E-state index in [0.717, 1.165) is 0 Å². The third-order valence-electron chi connectivity index (χ3n) is 2.68. The fraction of sp³-hybridized carbons (Fsp3) is 0.417. The van der Waals surface area contributed by atoms with Gasteiger partial charge in [-0.15, -0.1) is 0 Å². The predicted molar refractivity (Wildman–Crippen MR) is 79.0 cm³/mol. The first kappa shape index (κ1) is 16.1. The zero-order valence-corrected chi connectivity index (χ0v) is 13.7. The molecule has 0 saturated carbocycles. The van der Waals surface area contributed by atoms with Gasteiger partial charge in [0.15, 0.2) is 11.5 Å². The van der Waals surface area contributed by atoms with Gasteiger partial charge in [0, 0.05) is 30.6 Å². The molecule has 0 bridgehead atoms. The van der Waals surface area contributed by atoms with Crippen LogP contribution >= 0.6 is 15.9 Å². The Morgan fingerprint density at radius 1 is 1.24 bits per heavy atom.